The fourth-order valence-corrected chi connectivity index (χ4v) is 7.77. The van der Waals surface area contributed by atoms with Crippen molar-refractivity contribution in [1.82, 2.24) is 4.31 Å². The molecule has 6 heteroatoms. The highest BCUT2D eigenvalue weighted by Gasteiger charge is 2.44. The Morgan fingerprint density at radius 2 is 1.36 bits per heavy atom. The van der Waals surface area contributed by atoms with Gasteiger partial charge in [-0.15, -0.1) is 0 Å². The Bertz CT molecular complexity index is 1730. The van der Waals surface area contributed by atoms with Crippen molar-refractivity contribution < 1.29 is 18.0 Å². The summed E-state index contributed by atoms with van der Waals surface area (Å²) < 4.78 is 30.7. The highest BCUT2D eigenvalue weighted by atomic mass is 32.2. The number of ketones is 2. The van der Waals surface area contributed by atoms with Gasteiger partial charge in [-0.05, 0) is 48.1 Å². The van der Waals surface area contributed by atoms with Crippen LogP contribution in [0.3, 0.4) is 0 Å². The Kier molecular flexibility index (Phi) is 9.72. The molecule has 4 aromatic carbocycles. The van der Waals surface area contributed by atoms with Gasteiger partial charge in [-0.3, -0.25) is 9.59 Å². The van der Waals surface area contributed by atoms with Gasteiger partial charge in [0.05, 0.1) is 10.9 Å². The fraction of sp³-hybridized carbons (Fsp3) is 0.263. The number of hydrogen-bond donors (Lipinski definition) is 0. The molecule has 0 aliphatic carbocycles. The highest BCUT2D eigenvalue weighted by Crippen LogP contribution is 2.42. The molecular formula is C38H39NO4S. The molecule has 5 rings (SSSR count). The highest BCUT2D eigenvalue weighted by molar-refractivity contribution is 7.89. The van der Waals surface area contributed by atoms with E-state index >= 15 is 0 Å². The third kappa shape index (κ3) is 6.98. The predicted molar refractivity (Wildman–Crippen MR) is 176 cm³/mol. The average molecular weight is 606 g/mol. The molecule has 0 amide bonds. The van der Waals surface area contributed by atoms with Crippen LogP contribution in [0.4, 0.5) is 0 Å². The molecule has 0 bridgehead atoms. The van der Waals surface area contributed by atoms with E-state index in [0.29, 0.717) is 29.6 Å². The number of benzene rings is 4. The van der Waals surface area contributed by atoms with Crippen LogP contribution in [-0.2, 0) is 21.2 Å². The van der Waals surface area contributed by atoms with Gasteiger partial charge < -0.3 is 0 Å². The van der Waals surface area contributed by atoms with Crippen LogP contribution in [0.5, 0.6) is 0 Å². The molecule has 4 aromatic rings. The van der Waals surface area contributed by atoms with Crippen LogP contribution in [0.25, 0.3) is 5.57 Å². The summed E-state index contributed by atoms with van der Waals surface area (Å²) in [6.45, 7) is 5.93. The summed E-state index contributed by atoms with van der Waals surface area (Å²) in [6.07, 6.45) is 0.816. The van der Waals surface area contributed by atoms with E-state index in [-0.39, 0.29) is 35.3 Å². The molecule has 0 fully saturated rings. The average Bonchev–Trinajstić information content (AvgIpc) is 3.02. The first-order chi connectivity index (χ1) is 21.1. The summed E-state index contributed by atoms with van der Waals surface area (Å²) in [6, 6.07) is 34.6. The monoisotopic (exact) mass is 605 g/mol. The lowest BCUT2D eigenvalue weighted by molar-refractivity contribution is -0.120. The van der Waals surface area contributed by atoms with Crippen LogP contribution in [0, 0.1) is 18.8 Å². The third-order valence-electron chi connectivity index (χ3n) is 8.15. The van der Waals surface area contributed by atoms with Crippen LogP contribution < -0.4 is 0 Å². The molecule has 0 unspecified atom stereocenters. The lowest BCUT2D eigenvalue weighted by Crippen LogP contribution is -2.50. The second-order valence-electron chi connectivity index (χ2n) is 12.0. The first-order valence-electron chi connectivity index (χ1n) is 15.2. The largest absolute Gasteiger partial charge is 0.300 e. The minimum atomic E-state index is -4.02. The van der Waals surface area contributed by atoms with Gasteiger partial charge in [0, 0.05) is 36.4 Å². The molecule has 1 heterocycles. The predicted octanol–water partition coefficient (Wildman–Crippen LogP) is 7.57. The summed E-state index contributed by atoms with van der Waals surface area (Å²) in [4.78, 5) is 28.1. The van der Waals surface area contributed by atoms with Gasteiger partial charge in [-0.2, -0.15) is 4.31 Å². The maximum atomic E-state index is 14.6. The second-order valence-corrected chi connectivity index (χ2v) is 13.9. The Hall–Kier alpha value is -4.13. The van der Waals surface area contributed by atoms with E-state index in [4.69, 9.17) is 0 Å². The quantitative estimate of drug-likeness (QED) is 0.165. The topological polar surface area (TPSA) is 71.5 Å². The maximum absolute atomic E-state index is 14.6. The first kappa shape index (κ1) is 31.3. The second kappa shape index (κ2) is 13.7. The zero-order valence-corrected chi connectivity index (χ0v) is 26.3. The van der Waals surface area contributed by atoms with Crippen molar-refractivity contribution in [3.8, 4) is 0 Å². The van der Waals surface area contributed by atoms with Gasteiger partial charge in [0.2, 0.25) is 10.0 Å². The molecule has 2 atom stereocenters. The van der Waals surface area contributed by atoms with Gasteiger partial charge in [0.15, 0.2) is 5.78 Å². The first-order valence-corrected chi connectivity index (χ1v) is 16.6. The minimum absolute atomic E-state index is 0.0185. The molecular weight excluding hydrogens is 566 g/mol. The summed E-state index contributed by atoms with van der Waals surface area (Å²) in [5, 5.41) is 0. The van der Waals surface area contributed by atoms with Crippen molar-refractivity contribution in [2.45, 2.75) is 51.0 Å². The Morgan fingerprint density at radius 3 is 1.95 bits per heavy atom. The molecule has 1 aliphatic rings. The van der Waals surface area contributed by atoms with Gasteiger partial charge >= 0.3 is 0 Å². The van der Waals surface area contributed by atoms with Crippen LogP contribution in [0.1, 0.15) is 53.7 Å². The molecule has 0 aromatic heterocycles. The van der Waals surface area contributed by atoms with Crippen molar-refractivity contribution >= 4 is 27.2 Å². The van der Waals surface area contributed by atoms with Gasteiger partial charge in [0.25, 0.3) is 0 Å². The molecule has 0 spiro atoms. The zero-order chi connectivity index (χ0) is 31.3. The van der Waals surface area contributed by atoms with Crippen molar-refractivity contribution in [1.29, 1.82) is 0 Å². The van der Waals surface area contributed by atoms with Crippen molar-refractivity contribution in [3.63, 3.8) is 0 Å². The maximum Gasteiger partial charge on any atom is 0.243 e. The van der Waals surface area contributed by atoms with Crippen LogP contribution >= 0.6 is 0 Å². The number of hydrogen-bond acceptors (Lipinski definition) is 4. The number of sulfonamides is 1. The van der Waals surface area contributed by atoms with Crippen molar-refractivity contribution in [2.75, 3.05) is 6.54 Å². The van der Waals surface area contributed by atoms with E-state index in [1.807, 2.05) is 99.6 Å². The van der Waals surface area contributed by atoms with Gasteiger partial charge in [-0.1, -0.05) is 123 Å². The van der Waals surface area contributed by atoms with E-state index < -0.39 is 22.0 Å². The Balaban J connectivity index is 1.78. The zero-order valence-electron chi connectivity index (χ0n) is 25.5. The summed E-state index contributed by atoms with van der Waals surface area (Å²) in [5.74, 6) is -0.617. The molecule has 0 saturated carbocycles. The van der Waals surface area contributed by atoms with E-state index in [1.165, 1.54) is 0 Å². The van der Waals surface area contributed by atoms with Crippen molar-refractivity contribution in [3.05, 3.63) is 143 Å². The van der Waals surface area contributed by atoms with Crippen LogP contribution in [0.2, 0.25) is 0 Å². The molecule has 44 heavy (non-hydrogen) atoms. The Morgan fingerprint density at radius 1 is 0.795 bits per heavy atom. The summed E-state index contributed by atoms with van der Waals surface area (Å²) in [5.41, 5.74) is 4.39. The van der Waals surface area contributed by atoms with Crippen LogP contribution in [-0.4, -0.2) is 36.9 Å². The molecule has 1 aliphatic heterocycles. The summed E-state index contributed by atoms with van der Waals surface area (Å²) in [7, 11) is -4.02. The number of nitrogens with zero attached hydrogens (tertiary/aromatic N) is 1. The fourth-order valence-electron chi connectivity index (χ4n) is 6.13. The third-order valence-corrected chi connectivity index (χ3v) is 10.0. The van der Waals surface area contributed by atoms with Gasteiger partial charge in [0.1, 0.15) is 5.78 Å². The van der Waals surface area contributed by atoms with E-state index in [2.05, 4.69) is 0 Å². The number of Topliss-reactive ketones (excluding diaryl/α,β-unsaturated/α-hetero) is 2. The lowest BCUT2D eigenvalue weighted by Gasteiger charge is -2.42. The van der Waals surface area contributed by atoms with Crippen LogP contribution in [0.15, 0.2) is 126 Å². The van der Waals surface area contributed by atoms with Crippen molar-refractivity contribution in [2.24, 2.45) is 11.8 Å². The number of aryl methyl sites for hydroxylation is 1. The number of carbonyl (C=O) groups is 2. The molecule has 0 N–H and O–H groups in total. The van der Waals surface area contributed by atoms with E-state index in [0.717, 1.165) is 16.7 Å². The normalized spacial score (nSPS) is 17.5. The smallest absolute Gasteiger partial charge is 0.243 e. The molecule has 226 valence electrons. The SMILES string of the molecule is Cc1ccc(S(=O)(=O)N2C[C@H](CC(=O)CC(C)C)C(C(=O)c3ccccc3)=C(c3ccccc3)[C@@H]2Cc2ccccc2)cc1. The molecule has 5 nitrogen and oxygen atoms in total. The Labute approximate surface area is 261 Å². The minimum Gasteiger partial charge on any atom is -0.300 e. The lowest BCUT2D eigenvalue weighted by atomic mass is 9.76. The number of rotatable bonds is 11. The number of carbonyl (C=O) groups excluding carboxylic acids is 2. The van der Waals surface area contributed by atoms with E-state index in [1.54, 1.807) is 40.7 Å². The standard InChI is InChI=1S/C38H39NO4S/c1-27(2)23-33(40)25-32-26-39(44(42,43)34-21-19-28(3)20-22-34)35(24-29-13-7-4-8-14-29)36(30-15-9-5-10-16-30)37(32)38(41)31-17-11-6-12-18-31/h4-22,27,32,35H,23-26H2,1-3H3/t32-,35-/m0/s1. The van der Waals surface area contributed by atoms with Gasteiger partial charge in [-0.25, -0.2) is 8.42 Å². The van der Waals surface area contributed by atoms with E-state index in [9.17, 15) is 18.0 Å². The molecule has 0 radical (unpaired) electrons. The molecule has 0 saturated heterocycles. The summed E-state index contributed by atoms with van der Waals surface area (Å²) >= 11 is 0.